The van der Waals surface area contributed by atoms with Crippen molar-refractivity contribution in [2.75, 3.05) is 33.0 Å². The molecule has 0 aromatic heterocycles. The first-order valence-corrected chi connectivity index (χ1v) is 25.8. The van der Waals surface area contributed by atoms with Gasteiger partial charge in [0, 0.05) is 19.6 Å². The number of allylic oxidation sites excluding steroid dienone is 4. The van der Waals surface area contributed by atoms with E-state index in [1.807, 2.05) is 0 Å². The first-order chi connectivity index (χ1) is 27.9. The van der Waals surface area contributed by atoms with E-state index in [-0.39, 0.29) is 32.3 Å². The number of nitrogens with two attached hydrogens (primary N) is 1. The Bertz CT molecular complexity index is 930. The molecule has 0 spiro atoms. The summed E-state index contributed by atoms with van der Waals surface area (Å²) in [4.78, 5) is 22.5. The van der Waals surface area contributed by atoms with Gasteiger partial charge in [-0.05, 0) is 64.2 Å². The van der Waals surface area contributed by atoms with Gasteiger partial charge in [-0.3, -0.25) is 13.8 Å². The highest BCUT2D eigenvalue weighted by atomic mass is 31.2. The van der Waals surface area contributed by atoms with Gasteiger partial charge in [-0.2, -0.15) is 0 Å². The number of carbonyl (C=O) groups is 1. The first-order valence-electron chi connectivity index (χ1n) is 24.3. The normalized spacial score (nSPS) is 13.5. The molecule has 0 saturated heterocycles. The summed E-state index contributed by atoms with van der Waals surface area (Å²) in [5, 5.41) is 0. The van der Waals surface area contributed by atoms with Crippen molar-refractivity contribution in [2.24, 2.45) is 5.73 Å². The van der Waals surface area contributed by atoms with Gasteiger partial charge in [0.2, 0.25) is 0 Å². The maximum absolute atomic E-state index is 12.6. The van der Waals surface area contributed by atoms with Crippen LogP contribution in [0.4, 0.5) is 0 Å². The molecule has 0 fully saturated rings. The van der Waals surface area contributed by atoms with Crippen molar-refractivity contribution in [3.05, 3.63) is 24.3 Å². The second-order valence-electron chi connectivity index (χ2n) is 16.3. The summed E-state index contributed by atoms with van der Waals surface area (Å²) in [6, 6.07) is 0. The molecular weight excluding hydrogens is 734 g/mol. The molecule has 0 rings (SSSR count). The number of phosphoric ester groups is 1. The fraction of sp³-hybridized carbons (Fsp3) is 0.896. The van der Waals surface area contributed by atoms with Gasteiger partial charge in [0.15, 0.2) is 0 Å². The van der Waals surface area contributed by atoms with Crippen molar-refractivity contribution in [3.8, 4) is 0 Å². The number of ether oxygens (including phenoxy) is 2. The molecule has 0 amide bonds. The summed E-state index contributed by atoms with van der Waals surface area (Å²) in [6.45, 7) is 4.92. The lowest BCUT2D eigenvalue weighted by Gasteiger charge is -2.20. The highest BCUT2D eigenvalue weighted by molar-refractivity contribution is 7.47. The predicted molar refractivity (Wildman–Crippen MR) is 243 cm³/mol. The molecule has 3 N–H and O–H groups in total. The zero-order valence-electron chi connectivity index (χ0n) is 37.6. The molecule has 0 aromatic carbocycles. The lowest BCUT2D eigenvalue weighted by Crippen LogP contribution is -2.28. The van der Waals surface area contributed by atoms with E-state index < -0.39 is 13.9 Å². The fourth-order valence-electron chi connectivity index (χ4n) is 6.99. The minimum Gasteiger partial charge on any atom is -0.457 e. The molecular formula is C48H94NO7P. The average Bonchev–Trinajstić information content (AvgIpc) is 3.20. The van der Waals surface area contributed by atoms with E-state index in [0.717, 1.165) is 44.9 Å². The Morgan fingerprint density at radius 3 is 1.32 bits per heavy atom. The Morgan fingerprint density at radius 1 is 0.509 bits per heavy atom. The van der Waals surface area contributed by atoms with E-state index in [2.05, 4.69) is 38.2 Å². The average molecular weight is 828 g/mol. The van der Waals surface area contributed by atoms with E-state index in [1.165, 1.54) is 173 Å². The van der Waals surface area contributed by atoms with E-state index in [1.54, 1.807) is 0 Å². The third kappa shape index (κ3) is 45.9. The van der Waals surface area contributed by atoms with Gasteiger partial charge in [-0.25, -0.2) is 4.57 Å². The molecule has 8 nitrogen and oxygen atoms in total. The van der Waals surface area contributed by atoms with E-state index in [9.17, 15) is 14.3 Å². The van der Waals surface area contributed by atoms with Crippen molar-refractivity contribution in [2.45, 2.75) is 245 Å². The van der Waals surface area contributed by atoms with Crippen LogP contribution in [0.15, 0.2) is 24.3 Å². The van der Waals surface area contributed by atoms with Crippen LogP contribution in [0.5, 0.6) is 0 Å². The Labute approximate surface area is 353 Å². The largest absolute Gasteiger partial charge is 0.472 e. The third-order valence-electron chi connectivity index (χ3n) is 10.6. The predicted octanol–water partition coefficient (Wildman–Crippen LogP) is 14.8. The number of hydrogen-bond acceptors (Lipinski definition) is 7. The van der Waals surface area contributed by atoms with Gasteiger partial charge in [-0.1, -0.05) is 192 Å². The second kappa shape index (κ2) is 46.1. The van der Waals surface area contributed by atoms with Crippen molar-refractivity contribution in [3.63, 3.8) is 0 Å². The summed E-state index contributed by atoms with van der Waals surface area (Å²) < 4.78 is 33.5. The lowest BCUT2D eigenvalue weighted by molar-refractivity contribution is -0.154. The maximum Gasteiger partial charge on any atom is 0.472 e. The van der Waals surface area contributed by atoms with E-state index in [0.29, 0.717) is 13.0 Å². The van der Waals surface area contributed by atoms with Crippen LogP contribution in [0.2, 0.25) is 0 Å². The van der Waals surface area contributed by atoms with Crippen molar-refractivity contribution in [1.82, 2.24) is 0 Å². The van der Waals surface area contributed by atoms with Gasteiger partial charge < -0.3 is 20.1 Å². The Morgan fingerprint density at radius 2 is 0.877 bits per heavy atom. The van der Waals surface area contributed by atoms with Crippen molar-refractivity contribution >= 4 is 13.8 Å². The number of rotatable bonds is 47. The minimum atomic E-state index is -4.28. The number of hydrogen-bond donors (Lipinski definition) is 2. The molecule has 57 heavy (non-hydrogen) atoms. The molecule has 0 radical (unpaired) electrons. The van der Waals surface area contributed by atoms with Gasteiger partial charge >= 0.3 is 13.8 Å². The maximum atomic E-state index is 12.6. The molecule has 0 heterocycles. The van der Waals surface area contributed by atoms with Crippen LogP contribution in [0.1, 0.15) is 239 Å². The van der Waals surface area contributed by atoms with Gasteiger partial charge in [0.25, 0.3) is 0 Å². The number of carbonyl (C=O) groups excluding carboxylic acids is 1. The van der Waals surface area contributed by atoms with Crippen molar-refractivity contribution < 1.29 is 32.8 Å². The molecule has 2 unspecified atom stereocenters. The fourth-order valence-corrected chi connectivity index (χ4v) is 7.75. The van der Waals surface area contributed by atoms with Crippen LogP contribution in [0.3, 0.4) is 0 Å². The molecule has 0 saturated carbocycles. The van der Waals surface area contributed by atoms with Crippen LogP contribution in [-0.2, 0) is 27.9 Å². The quantitative estimate of drug-likeness (QED) is 0.0270. The highest BCUT2D eigenvalue weighted by Crippen LogP contribution is 2.43. The summed E-state index contributed by atoms with van der Waals surface area (Å²) in [5.74, 6) is -0.337. The minimum absolute atomic E-state index is 0.0952. The van der Waals surface area contributed by atoms with Crippen LogP contribution in [-0.4, -0.2) is 49.9 Å². The number of phosphoric acid groups is 1. The smallest absolute Gasteiger partial charge is 0.457 e. The van der Waals surface area contributed by atoms with Crippen LogP contribution in [0.25, 0.3) is 0 Å². The number of unbranched alkanes of at least 4 members (excludes halogenated alkanes) is 30. The van der Waals surface area contributed by atoms with Gasteiger partial charge in [0.1, 0.15) is 6.10 Å². The SMILES string of the molecule is CCCCC/C=C\CCCCCCCC(=O)OC(COCCCCCCCCCCCCCCCC/C=C\CCCCCCCCCC)COP(=O)(O)OCCN. The molecule has 0 aliphatic carbocycles. The highest BCUT2D eigenvalue weighted by Gasteiger charge is 2.25. The van der Waals surface area contributed by atoms with Crippen molar-refractivity contribution in [1.29, 1.82) is 0 Å². The van der Waals surface area contributed by atoms with Gasteiger partial charge in [-0.15, -0.1) is 0 Å². The Balaban J connectivity index is 3.84. The third-order valence-corrected chi connectivity index (χ3v) is 11.6. The Kier molecular flexibility index (Phi) is 45.2. The molecule has 0 aliphatic heterocycles. The van der Waals surface area contributed by atoms with E-state index in [4.69, 9.17) is 24.3 Å². The van der Waals surface area contributed by atoms with Gasteiger partial charge in [0.05, 0.1) is 19.8 Å². The molecule has 338 valence electrons. The lowest BCUT2D eigenvalue weighted by atomic mass is 10.0. The first kappa shape index (κ1) is 56.0. The zero-order chi connectivity index (χ0) is 41.6. The monoisotopic (exact) mass is 828 g/mol. The number of esters is 1. The molecule has 0 aliphatic rings. The Hall–Kier alpha value is -1.02. The molecule has 2 atom stereocenters. The molecule has 0 aromatic rings. The summed E-state index contributed by atoms with van der Waals surface area (Å²) >= 11 is 0. The van der Waals surface area contributed by atoms with Crippen LogP contribution in [0, 0.1) is 0 Å². The molecule has 0 bridgehead atoms. The zero-order valence-corrected chi connectivity index (χ0v) is 38.5. The summed E-state index contributed by atoms with van der Waals surface area (Å²) in [5.41, 5.74) is 5.37. The summed E-state index contributed by atoms with van der Waals surface area (Å²) in [7, 11) is -4.28. The summed E-state index contributed by atoms with van der Waals surface area (Å²) in [6.07, 6.45) is 52.2. The van der Waals surface area contributed by atoms with E-state index >= 15 is 0 Å². The second-order valence-corrected chi connectivity index (χ2v) is 17.8. The van der Waals surface area contributed by atoms with Crippen LogP contribution < -0.4 is 5.73 Å². The topological polar surface area (TPSA) is 117 Å². The van der Waals surface area contributed by atoms with Crippen LogP contribution >= 0.6 is 7.82 Å². The standard InChI is InChI=1S/C48H94NO7P/c1-3-5-7-9-11-13-15-17-18-19-20-21-22-23-24-25-26-27-28-29-30-32-34-36-38-40-43-53-45-47(46-55-57(51,52)54-44-42-49)56-48(50)41-39-37-35-33-31-16-14-12-10-8-6-4-2/h12,14,19-20,47H,3-11,13,15-18,21-46,49H2,1-2H3,(H,51,52)/b14-12-,20-19-. The molecule has 9 heteroatoms.